The van der Waals surface area contributed by atoms with Gasteiger partial charge in [0.25, 0.3) is 5.91 Å². The van der Waals surface area contributed by atoms with Crippen LogP contribution in [0.3, 0.4) is 0 Å². The third-order valence-corrected chi connectivity index (χ3v) is 3.29. The van der Waals surface area contributed by atoms with Crippen molar-refractivity contribution < 1.29 is 9.59 Å². The Morgan fingerprint density at radius 2 is 2.10 bits per heavy atom. The third-order valence-electron chi connectivity index (χ3n) is 3.29. The molecule has 2 rings (SSSR count). The molecule has 1 aliphatic rings. The smallest absolute Gasteiger partial charge is 0.319 e. The van der Waals surface area contributed by atoms with Gasteiger partial charge in [0.05, 0.1) is 0 Å². The van der Waals surface area contributed by atoms with Crippen molar-refractivity contribution in [1.29, 1.82) is 0 Å². The molecule has 0 saturated heterocycles. The number of hydrogen-bond donors (Lipinski definition) is 3. The van der Waals surface area contributed by atoms with Crippen molar-refractivity contribution in [3.63, 3.8) is 0 Å². The summed E-state index contributed by atoms with van der Waals surface area (Å²) in [6.07, 6.45) is 2.98. The van der Waals surface area contributed by atoms with Crippen LogP contribution in [0, 0.1) is 0 Å². The molecule has 0 bridgehead atoms. The van der Waals surface area contributed by atoms with Crippen LogP contribution in [-0.4, -0.2) is 24.0 Å². The summed E-state index contributed by atoms with van der Waals surface area (Å²) in [5.41, 5.74) is 1.18. The fraction of sp³-hybridized carbons (Fsp3) is 0.467. The molecular weight excluding hydrogens is 254 g/mol. The molecule has 0 aliphatic heterocycles. The molecule has 1 saturated carbocycles. The zero-order valence-corrected chi connectivity index (χ0v) is 11.9. The quantitative estimate of drug-likeness (QED) is 0.772. The molecule has 3 N–H and O–H groups in total. The summed E-state index contributed by atoms with van der Waals surface area (Å²) in [6.45, 7) is 3.98. The largest absolute Gasteiger partial charge is 0.350 e. The molecule has 5 heteroatoms. The highest BCUT2D eigenvalue weighted by Crippen LogP contribution is 2.19. The Morgan fingerprint density at radius 1 is 1.35 bits per heavy atom. The Hall–Kier alpha value is -2.04. The highest BCUT2D eigenvalue weighted by Gasteiger charge is 2.23. The number of carbonyl (C=O) groups excluding carboxylic acids is 2. The van der Waals surface area contributed by atoms with Gasteiger partial charge in [-0.15, -0.1) is 0 Å². The average molecular weight is 275 g/mol. The number of carbonyl (C=O) groups is 2. The summed E-state index contributed by atoms with van der Waals surface area (Å²) >= 11 is 0. The molecule has 1 aromatic rings. The van der Waals surface area contributed by atoms with Gasteiger partial charge in [0.15, 0.2) is 0 Å². The fourth-order valence-electron chi connectivity index (χ4n) is 1.73. The van der Waals surface area contributed by atoms with E-state index in [4.69, 9.17) is 0 Å². The standard InChI is InChI=1S/C15H21N3O2/c1-3-10(2)16-14(19)11-5-4-6-13(9-11)18-15(20)17-12-7-8-12/h4-6,9-10,12H,3,7-8H2,1-2H3,(H,16,19)(H2,17,18,20). The molecular formula is C15H21N3O2. The van der Waals surface area contributed by atoms with Crippen LogP contribution in [0.2, 0.25) is 0 Å². The molecule has 0 spiro atoms. The Balaban J connectivity index is 1.95. The molecule has 1 atom stereocenters. The maximum atomic E-state index is 12.0. The van der Waals surface area contributed by atoms with E-state index in [1.165, 1.54) is 0 Å². The van der Waals surface area contributed by atoms with E-state index in [9.17, 15) is 9.59 Å². The van der Waals surface area contributed by atoms with Crippen molar-refractivity contribution in [2.45, 2.75) is 45.2 Å². The van der Waals surface area contributed by atoms with Crippen LogP contribution in [0.5, 0.6) is 0 Å². The predicted molar refractivity (Wildman–Crippen MR) is 78.8 cm³/mol. The van der Waals surface area contributed by atoms with Crippen LogP contribution in [0.1, 0.15) is 43.5 Å². The van der Waals surface area contributed by atoms with Crippen molar-refractivity contribution in [3.8, 4) is 0 Å². The molecule has 1 aliphatic carbocycles. The third kappa shape index (κ3) is 4.26. The van der Waals surface area contributed by atoms with Gasteiger partial charge in [-0.1, -0.05) is 13.0 Å². The van der Waals surface area contributed by atoms with Gasteiger partial charge in [-0.05, 0) is 44.4 Å². The molecule has 5 nitrogen and oxygen atoms in total. The van der Waals surface area contributed by atoms with Crippen molar-refractivity contribution in [1.82, 2.24) is 10.6 Å². The summed E-state index contributed by atoms with van der Waals surface area (Å²) in [5, 5.41) is 8.49. The van der Waals surface area contributed by atoms with E-state index in [1.807, 2.05) is 13.8 Å². The van der Waals surface area contributed by atoms with Crippen molar-refractivity contribution >= 4 is 17.6 Å². The predicted octanol–water partition coefficient (Wildman–Crippen LogP) is 2.50. The number of nitrogens with one attached hydrogen (secondary N) is 3. The number of anilines is 1. The van der Waals surface area contributed by atoms with Crippen LogP contribution in [0.25, 0.3) is 0 Å². The van der Waals surface area contributed by atoms with Crippen LogP contribution in [0.15, 0.2) is 24.3 Å². The minimum atomic E-state index is -0.216. The van der Waals surface area contributed by atoms with E-state index in [-0.39, 0.29) is 18.0 Å². The molecule has 0 radical (unpaired) electrons. The SMILES string of the molecule is CCC(C)NC(=O)c1cccc(NC(=O)NC2CC2)c1. The number of hydrogen-bond acceptors (Lipinski definition) is 2. The molecule has 20 heavy (non-hydrogen) atoms. The van der Waals surface area contributed by atoms with E-state index in [0.717, 1.165) is 19.3 Å². The first-order valence-electron chi connectivity index (χ1n) is 7.07. The molecule has 0 heterocycles. The maximum absolute atomic E-state index is 12.0. The lowest BCUT2D eigenvalue weighted by Crippen LogP contribution is -2.32. The van der Waals surface area contributed by atoms with Crippen LogP contribution >= 0.6 is 0 Å². The topological polar surface area (TPSA) is 70.2 Å². The summed E-state index contributed by atoms with van der Waals surface area (Å²) in [4.78, 5) is 23.6. The van der Waals surface area contributed by atoms with Gasteiger partial charge in [0.2, 0.25) is 0 Å². The van der Waals surface area contributed by atoms with Crippen LogP contribution in [0.4, 0.5) is 10.5 Å². The minimum Gasteiger partial charge on any atom is -0.350 e. The molecule has 1 unspecified atom stereocenters. The Bertz CT molecular complexity index is 498. The van der Waals surface area contributed by atoms with E-state index in [0.29, 0.717) is 17.3 Å². The van der Waals surface area contributed by atoms with Crippen LogP contribution < -0.4 is 16.0 Å². The lowest BCUT2D eigenvalue weighted by Gasteiger charge is -2.12. The van der Waals surface area contributed by atoms with Gasteiger partial charge >= 0.3 is 6.03 Å². The number of amides is 3. The summed E-state index contributed by atoms with van der Waals surface area (Å²) in [7, 11) is 0. The van der Waals surface area contributed by atoms with Gasteiger partial charge in [-0.3, -0.25) is 4.79 Å². The lowest BCUT2D eigenvalue weighted by atomic mass is 10.1. The number of benzene rings is 1. The Kier molecular flexibility index (Phi) is 4.61. The second kappa shape index (κ2) is 6.41. The monoisotopic (exact) mass is 275 g/mol. The lowest BCUT2D eigenvalue weighted by molar-refractivity contribution is 0.0939. The van der Waals surface area contributed by atoms with Gasteiger partial charge in [0.1, 0.15) is 0 Å². The Labute approximate surface area is 119 Å². The first kappa shape index (κ1) is 14.4. The zero-order chi connectivity index (χ0) is 14.5. The van der Waals surface area contributed by atoms with Crippen LogP contribution in [-0.2, 0) is 0 Å². The van der Waals surface area contributed by atoms with E-state index in [1.54, 1.807) is 24.3 Å². The zero-order valence-electron chi connectivity index (χ0n) is 11.9. The van der Waals surface area contributed by atoms with Gasteiger partial charge in [0, 0.05) is 23.3 Å². The van der Waals surface area contributed by atoms with Crippen molar-refractivity contribution in [3.05, 3.63) is 29.8 Å². The minimum absolute atomic E-state index is 0.120. The highest BCUT2D eigenvalue weighted by molar-refractivity contribution is 5.97. The fourth-order valence-corrected chi connectivity index (χ4v) is 1.73. The van der Waals surface area contributed by atoms with E-state index >= 15 is 0 Å². The first-order chi connectivity index (χ1) is 9.58. The summed E-state index contributed by atoms with van der Waals surface area (Å²) in [5.74, 6) is -0.120. The van der Waals surface area contributed by atoms with Gasteiger partial charge < -0.3 is 16.0 Å². The second-order valence-corrected chi connectivity index (χ2v) is 5.24. The number of urea groups is 1. The van der Waals surface area contributed by atoms with Gasteiger partial charge in [-0.25, -0.2) is 4.79 Å². The molecule has 0 aromatic heterocycles. The van der Waals surface area contributed by atoms with E-state index in [2.05, 4.69) is 16.0 Å². The highest BCUT2D eigenvalue weighted by atomic mass is 16.2. The van der Waals surface area contributed by atoms with E-state index < -0.39 is 0 Å². The van der Waals surface area contributed by atoms with Crippen molar-refractivity contribution in [2.24, 2.45) is 0 Å². The normalized spacial score (nSPS) is 15.3. The maximum Gasteiger partial charge on any atom is 0.319 e. The molecule has 3 amide bonds. The Morgan fingerprint density at radius 3 is 2.75 bits per heavy atom. The van der Waals surface area contributed by atoms with Gasteiger partial charge in [-0.2, -0.15) is 0 Å². The average Bonchev–Trinajstić information content (AvgIpc) is 3.22. The number of rotatable bonds is 5. The summed E-state index contributed by atoms with van der Waals surface area (Å²) in [6, 6.07) is 7.19. The molecule has 108 valence electrons. The van der Waals surface area contributed by atoms with Crippen molar-refractivity contribution in [2.75, 3.05) is 5.32 Å². The summed E-state index contributed by atoms with van der Waals surface area (Å²) < 4.78 is 0. The second-order valence-electron chi connectivity index (χ2n) is 5.24. The molecule has 1 fully saturated rings. The molecule has 1 aromatic carbocycles. The first-order valence-corrected chi connectivity index (χ1v) is 7.07.